The molecule has 1 aromatic rings. The van der Waals surface area contributed by atoms with Gasteiger partial charge in [0.25, 0.3) is 0 Å². The predicted octanol–water partition coefficient (Wildman–Crippen LogP) is 3.36. The normalized spacial score (nSPS) is 20.3. The number of nitrogens with one attached hydrogen (secondary N) is 1. The number of hydrogen-bond acceptors (Lipinski definition) is 3. The van der Waals surface area contributed by atoms with Gasteiger partial charge in [-0.15, -0.1) is 0 Å². The van der Waals surface area contributed by atoms with Crippen LogP contribution in [0.25, 0.3) is 0 Å². The molecule has 1 aliphatic heterocycles. The Morgan fingerprint density at radius 3 is 2.53 bits per heavy atom. The molecule has 1 aliphatic carbocycles. The molecule has 1 saturated carbocycles. The first kappa shape index (κ1) is 13.1. The predicted molar refractivity (Wildman–Crippen MR) is 76.5 cm³/mol. The lowest BCUT2D eigenvalue weighted by atomic mass is 9.90. The van der Waals surface area contributed by atoms with Crippen molar-refractivity contribution in [2.75, 3.05) is 20.2 Å². The largest absolute Gasteiger partial charge is 0.493 e. The van der Waals surface area contributed by atoms with Gasteiger partial charge in [-0.05, 0) is 62.4 Å². The lowest BCUT2D eigenvalue weighted by molar-refractivity contribution is 0.282. The first-order valence-electron chi connectivity index (χ1n) is 7.02. The van der Waals surface area contributed by atoms with Crippen molar-refractivity contribution < 1.29 is 9.47 Å². The Hall–Kier alpha value is -0.930. The Kier molecular flexibility index (Phi) is 3.85. The second kappa shape index (κ2) is 5.59. The molecule has 1 saturated heterocycles. The fourth-order valence-electron chi connectivity index (χ4n) is 2.60. The number of halogens is 1. The van der Waals surface area contributed by atoms with E-state index in [-0.39, 0.29) is 0 Å². The van der Waals surface area contributed by atoms with Crippen molar-refractivity contribution in [3.05, 3.63) is 22.7 Å². The fraction of sp³-hybridized carbons (Fsp3) is 0.600. The minimum absolute atomic E-state index is 0.330. The van der Waals surface area contributed by atoms with E-state index in [1.165, 1.54) is 5.56 Å². The van der Waals surface area contributed by atoms with E-state index in [9.17, 15) is 0 Å². The van der Waals surface area contributed by atoms with Crippen molar-refractivity contribution in [3.8, 4) is 11.5 Å². The van der Waals surface area contributed by atoms with E-state index < -0.39 is 0 Å². The van der Waals surface area contributed by atoms with Crippen molar-refractivity contribution in [3.63, 3.8) is 0 Å². The van der Waals surface area contributed by atoms with Gasteiger partial charge < -0.3 is 14.8 Å². The van der Waals surface area contributed by atoms with Crippen molar-refractivity contribution in [1.29, 1.82) is 0 Å². The molecule has 0 radical (unpaired) electrons. The summed E-state index contributed by atoms with van der Waals surface area (Å²) in [5.41, 5.74) is 1.27. The number of rotatable bonds is 4. The van der Waals surface area contributed by atoms with E-state index in [2.05, 4.69) is 17.4 Å². The van der Waals surface area contributed by atoms with Crippen molar-refractivity contribution in [2.24, 2.45) is 0 Å². The molecule has 3 nitrogen and oxygen atoms in total. The van der Waals surface area contributed by atoms with Gasteiger partial charge in [-0.25, -0.2) is 0 Å². The lowest BCUT2D eigenvalue weighted by Crippen LogP contribution is -2.26. The van der Waals surface area contributed by atoms with E-state index in [4.69, 9.17) is 21.1 Å². The van der Waals surface area contributed by atoms with Crippen LogP contribution in [0.15, 0.2) is 12.1 Å². The quantitative estimate of drug-likeness (QED) is 0.918. The third-order valence-electron chi connectivity index (χ3n) is 3.87. The van der Waals surface area contributed by atoms with Gasteiger partial charge in [0, 0.05) is 0 Å². The van der Waals surface area contributed by atoms with E-state index in [0.29, 0.717) is 22.8 Å². The van der Waals surface area contributed by atoms with Crippen LogP contribution in [0.1, 0.15) is 37.2 Å². The molecule has 104 valence electrons. The maximum atomic E-state index is 6.38. The summed E-state index contributed by atoms with van der Waals surface area (Å²) in [6.07, 6.45) is 4.88. The van der Waals surface area contributed by atoms with Gasteiger partial charge in [0.15, 0.2) is 11.5 Å². The second-order valence-electron chi connectivity index (χ2n) is 5.38. The maximum absolute atomic E-state index is 6.38. The number of benzene rings is 1. The smallest absolute Gasteiger partial charge is 0.180 e. The van der Waals surface area contributed by atoms with E-state index in [0.717, 1.165) is 44.5 Å². The first-order chi connectivity index (χ1) is 9.28. The number of piperidine rings is 1. The summed E-state index contributed by atoms with van der Waals surface area (Å²) in [7, 11) is 1.68. The van der Waals surface area contributed by atoms with Gasteiger partial charge in [-0.2, -0.15) is 0 Å². The maximum Gasteiger partial charge on any atom is 0.180 e. The summed E-state index contributed by atoms with van der Waals surface area (Å²) in [6, 6.07) is 4.15. The molecule has 1 N–H and O–H groups in total. The third-order valence-corrected chi connectivity index (χ3v) is 4.15. The van der Waals surface area contributed by atoms with E-state index in [1.54, 1.807) is 7.11 Å². The zero-order chi connectivity index (χ0) is 13.2. The summed E-state index contributed by atoms with van der Waals surface area (Å²) in [5, 5.41) is 4.06. The van der Waals surface area contributed by atoms with Gasteiger partial charge in [0.05, 0.1) is 18.2 Å². The monoisotopic (exact) mass is 281 g/mol. The van der Waals surface area contributed by atoms with Crippen LogP contribution < -0.4 is 14.8 Å². The summed E-state index contributed by atoms with van der Waals surface area (Å²) >= 11 is 6.38. The molecule has 0 amide bonds. The van der Waals surface area contributed by atoms with Crippen LogP contribution in [-0.2, 0) is 0 Å². The van der Waals surface area contributed by atoms with Crippen LogP contribution in [0.5, 0.6) is 11.5 Å². The summed E-state index contributed by atoms with van der Waals surface area (Å²) in [4.78, 5) is 0. The highest BCUT2D eigenvalue weighted by Crippen LogP contribution is 2.42. The molecule has 4 heteroatoms. The van der Waals surface area contributed by atoms with Crippen LogP contribution in [0.3, 0.4) is 0 Å². The molecule has 19 heavy (non-hydrogen) atoms. The summed E-state index contributed by atoms with van der Waals surface area (Å²) in [5.74, 6) is 2.06. The molecule has 0 atom stereocenters. The Morgan fingerprint density at radius 1 is 1.16 bits per heavy atom. The minimum Gasteiger partial charge on any atom is -0.493 e. The Morgan fingerprint density at radius 2 is 1.89 bits per heavy atom. The van der Waals surface area contributed by atoms with Gasteiger partial charge >= 0.3 is 0 Å². The van der Waals surface area contributed by atoms with Crippen LogP contribution in [-0.4, -0.2) is 26.3 Å². The molecular formula is C15H20ClNO2. The fourth-order valence-corrected chi connectivity index (χ4v) is 2.86. The Balaban J connectivity index is 1.86. The summed E-state index contributed by atoms with van der Waals surface area (Å²) < 4.78 is 11.3. The van der Waals surface area contributed by atoms with Gasteiger partial charge in [-0.3, -0.25) is 0 Å². The van der Waals surface area contributed by atoms with Gasteiger partial charge in [0.1, 0.15) is 0 Å². The topological polar surface area (TPSA) is 30.5 Å². The third kappa shape index (κ3) is 2.98. The molecule has 0 aromatic heterocycles. The Labute approximate surface area is 119 Å². The zero-order valence-corrected chi connectivity index (χ0v) is 12.0. The SMILES string of the molecule is COc1cc(C2CCNCC2)cc(Cl)c1OC1CC1. The summed E-state index contributed by atoms with van der Waals surface area (Å²) in [6.45, 7) is 2.15. The standard InChI is InChI=1S/C15H20ClNO2/c1-18-14-9-11(10-4-6-17-7-5-10)8-13(16)15(14)19-12-2-3-12/h8-10,12,17H,2-7H2,1H3. The zero-order valence-electron chi connectivity index (χ0n) is 11.2. The van der Waals surface area contributed by atoms with E-state index >= 15 is 0 Å². The molecule has 2 aliphatic rings. The molecule has 0 bridgehead atoms. The van der Waals surface area contributed by atoms with Gasteiger partial charge in [0.2, 0.25) is 0 Å². The lowest BCUT2D eigenvalue weighted by Gasteiger charge is -2.24. The van der Waals surface area contributed by atoms with Crippen LogP contribution >= 0.6 is 11.6 Å². The second-order valence-corrected chi connectivity index (χ2v) is 5.78. The van der Waals surface area contributed by atoms with Crippen molar-refractivity contribution in [2.45, 2.75) is 37.7 Å². The van der Waals surface area contributed by atoms with E-state index in [1.807, 2.05) is 0 Å². The van der Waals surface area contributed by atoms with Crippen LogP contribution in [0.2, 0.25) is 5.02 Å². The highest BCUT2D eigenvalue weighted by molar-refractivity contribution is 6.32. The highest BCUT2D eigenvalue weighted by atomic mass is 35.5. The molecule has 0 spiro atoms. The van der Waals surface area contributed by atoms with Crippen molar-refractivity contribution >= 4 is 11.6 Å². The number of ether oxygens (including phenoxy) is 2. The van der Waals surface area contributed by atoms with Crippen LogP contribution in [0, 0.1) is 0 Å². The number of methoxy groups -OCH3 is 1. The van der Waals surface area contributed by atoms with Crippen molar-refractivity contribution in [1.82, 2.24) is 5.32 Å². The first-order valence-corrected chi connectivity index (χ1v) is 7.40. The highest BCUT2D eigenvalue weighted by Gasteiger charge is 2.27. The number of hydrogen-bond donors (Lipinski definition) is 1. The molecule has 1 aromatic carbocycles. The molecule has 1 heterocycles. The molecular weight excluding hydrogens is 262 g/mol. The minimum atomic E-state index is 0.330. The Bertz CT molecular complexity index is 454. The molecule has 2 fully saturated rings. The van der Waals surface area contributed by atoms with Crippen LogP contribution in [0.4, 0.5) is 0 Å². The average Bonchev–Trinajstić information content (AvgIpc) is 3.26. The van der Waals surface area contributed by atoms with Gasteiger partial charge in [-0.1, -0.05) is 11.6 Å². The molecule has 3 rings (SSSR count). The average molecular weight is 282 g/mol. The molecule has 0 unspecified atom stereocenters.